The fourth-order valence-electron chi connectivity index (χ4n) is 4.16. The van der Waals surface area contributed by atoms with Crippen molar-refractivity contribution in [2.75, 3.05) is 19.8 Å². The van der Waals surface area contributed by atoms with Crippen molar-refractivity contribution >= 4 is 28.1 Å². The van der Waals surface area contributed by atoms with Crippen LogP contribution in [0.2, 0.25) is 0 Å². The molecule has 1 amide bonds. The maximum absolute atomic E-state index is 11.4. The van der Waals surface area contributed by atoms with Gasteiger partial charge in [-0.15, -0.1) is 11.3 Å². The molecular formula is C18H28N4O2S. The van der Waals surface area contributed by atoms with E-state index in [1.807, 2.05) is 0 Å². The van der Waals surface area contributed by atoms with E-state index in [1.165, 1.54) is 16.2 Å². The Morgan fingerprint density at radius 3 is 2.56 bits per heavy atom. The van der Waals surface area contributed by atoms with Gasteiger partial charge in [-0.25, -0.2) is 0 Å². The lowest BCUT2D eigenvalue weighted by Gasteiger charge is -2.32. The average Bonchev–Trinajstić information content (AvgIpc) is 3.06. The highest BCUT2D eigenvalue weighted by Gasteiger charge is 2.34. The predicted molar refractivity (Wildman–Crippen MR) is 101 cm³/mol. The van der Waals surface area contributed by atoms with E-state index in [0.717, 1.165) is 44.1 Å². The summed E-state index contributed by atoms with van der Waals surface area (Å²) in [7, 11) is 4.23. The van der Waals surface area contributed by atoms with E-state index in [1.54, 1.807) is 0 Å². The molecule has 1 saturated carbocycles. The Labute approximate surface area is 153 Å². The summed E-state index contributed by atoms with van der Waals surface area (Å²) in [5, 5.41) is 9.11. The van der Waals surface area contributed by atoms with E-state index >= 15 is 0 Å². The molecule has 5 N–H and O–H groups in total. The highest BCUT2D eigenvalue weighted by atomic mass is 32.1. The van der Waals surface area contributed by atoms with Crippen LogP contribution in [-0.4, -0.2) is 42.9 Å². The summed E-state index contributed by atoms with van der Waals surface area (Å²) in [5.41, 5.74) is 13.3. The van der Waals surface area contributed by atoms with Crippen LogP contribution in [0.25, 0.3) is 0 Å². The maximum Gasteiger partial charge on any atom is 0.218 e. The summed E-state index contributed by atoms with van der Waals surface area (Å²) in [5.74, 6) is -0.0628. The number of nitrogens with two attached hydrogens (primary N) is 2. The molecule has 2 aliphatic rings. The number of aryl methyl sites for hydroxylation is 1. The van der Waals surface area contributed by atoms with Crippen molar-refractivity contribution < 1.29 is 9.53 Å². The Kier molecular flexibility index (Phi) is 5.34. The number of ether oxygens (including phenoxy) is 1. The Morgan fingerprint density at radius 1 is 1.28 bits per heavy atom. The molecule has 1 heterocycles. The number of nitrogens with one attached hydrogen (secondary N) is 1. The maximum atomic E-state index is 11.4. The lowest BCUT2D eigenvalue weighted by Crippen LogP contribution is -2.35. The first kappa shape index (κ1) is 18.2. The van der Waals surface area contributed by atoms with Crippen LogP contribution in [0.5, 0.6) is 0 Å². The van der Waals surface area contributed by atoms with Crippen LogP contribution in [0.15, 0.2) is 0 Å². The Morgan fingerprint density at radius 2 is 1.96 bits per heavy atom. The zero-order valence-corrected chi connectivity index (χ0v) is 15.8. The molecule has 0 aliphatic heterocycles. The van der Waals surface area contributed by atoms with Gasteiger partial charge in [-0.1, -0.05) is 0 Å². The summed E-state index contributed by atoms with van der Waals surface area (Å²) in [6, 6.07) is 0.601. The number of fused-ring (bicyclic) bond motifs is 1. The Hall–Kier alpha value is -1.60. The van der Waals surface area contributed by atoms with E-state index in [9.17, 15) is 4.79 Å². The minimum absolute atomic E-state index is 0.0736. The smallest absolute Gasteiger partial charge is 0.218 e. The summed E-state index contributed by atoms with van der Waals surface area (Å²) >= 11 is 1.53. The SMILES string of the molecule is CN(C)C1CCC(OC(=N)c2c(N)sc3c2C(CC(N)=O)CC3)CC1. The van der Waals surface area contributed by atoms with Gasteiger partial charge < -0.3 is 21.1 Å². The fraction of sp³-hybridized carbons (Fsp3) is 0.667. The van der Waals surface area contributed by atoms with Gasteiger partial charge in [0.2, 0.25) is 11.8 Å². The van der Waals surface area contributed by atoms with Crippen LogP contribution in [0.4, 0.5) is 5.00 Å². The lowest BCUT2D eigenvalue weighted by atomic mass is 9.92. The van der Waals surface area contributed by atoms with E-state index in [-0.39, 0.29) is 23.8 Å². The van der Waals surface area contributed by atoms with Crippen LogP contribution in [0.3, 0.4) is 0 Å². The minimum atomic E-state index is -0.303. The van der Waals surface area contributed by atoms with Crippen LogP contribution < -0.4 is 11.5 Å². The largest absolute Gasteiger partial charge is 0.474 e. The van der Waals surface area contributed by atoms with Gasteiger partial charge in [0.1, 0.15) is 6.10 Å². The first-order valence-electron chi connectivity index (χ1n) is 8.98. The number of hydrogen-bond donors (Lipinski definition) is 3. The summed E-state index contributed by atoms with van der Waals surface area (Å²) in [6.07, 6.45) is 6.30. The standard InChI is InChI=1S/C18H28N4O2S/c1-22(2)11-4-6-12(7-5-11)24-17(20)16-15-10(9-14(19)23)3-8-13(15)25-18(16)21/h10-12,20H,3-9,21H2,1-2H3,(H2,19,23). The number of nitrogen functional groups attached to an aromatic ring is 1. The molecule has 25 heavy (non-hydrogen) atoms. The van der Waals surface area contributed by atoms with Crippen LogP contribution >= 0.6 is 11.3 Å². The van der Waals surface area contributed by atoms with Gasteiger partial charge >= 0.3 is 0 Å². The molecule has 1 atom stereocenters. The van der Waals surface area contributed by atoms with Gasteiger partial charge in [0, 0.05) is 17.3 Å². The van der Waals surface area contributed by atoms with E-state index in [0.29, 0.717) is 23.0 Å². The Bertz CT molecular complexity index is 662. The number of amides is 1. The number of nitrogens with zero attached hydrogens (tertiary/aromatic N) is 1. The zero-order chi connectivity index (χ0) is 18.1. The van der Waals surface area contributed by atoms with Gasteiger partial charge in [0.05, 0.1) is 10.6 Å². The van der Waals surface area contributed by atoms with Crippen molar-refractivity contribution in [3.05, 3.63) is 16.0 Å². The van der Waals surface area contributed by atoms with E-state index in [4.69, 9.17) is 21.6 Å². The van der Waals surface area contributed by atoms with Gasteiger partial charge in [-0.05, 0) is 64.1 Å². The van der Waals surface area contributed by atoms with Crippen molar-refractivity contribution in [3.63, 3.8) is 0 Å². The molecule has 1 aromatic rings. The molecular weight excluding hydrogens is 336 g/mol. The number of rotatable bonds is 5. The van der Waals surface area contributed by atoms with Crippen molar-refractivity contribution in [2.24, 2.45) is 5.73 Å². The van der Waals surface area contributed by atoms with Crippen molar-refractivity contribution in [2.45, 2.75) is 63.0 Å². The molecule has 0 aromatic carbocycles. The predicted octanol–water partition coefficient (Wildman–Crippen LogP) is 2.45. The van der Waals surface area contributed by atoms with Crippen molar-refractivity contribution in [3.8, 4) is 0 Å². The third kappa shape index (κ3) is 3.82. The van der Waals surface area contributed by atoms with Gasteiger partial charge in [-0.2, -0.15) is 0 Å². The number of thiophene rings is 1. The zero-order valence-electron chi connectivity index (χ0n) is 15.0. The first-order valence-corrected chi connectivity index (χ1v) is 9.79. The van der Waals surface area contributed by atoms with Crippen LogP contribution in [0.1, 0.15) is 60.4 Å². The summed E-state index contributed by atoms with van der Waals surface area (Å²) in [6.45, 7) is 0. The Balaban J connectivity index is 1.70. The number of primary amides is 1. The second-order valence-corrected chi connectivity index (χ2v) is 8.56. The second kappa shape index (κ2) is 7.33. The molecule has 0 radical (unpaired) electrons. The van der Waals surface area contributed by atoms with Crippen molar-refractivity contribution in [1.82, 2.24) is 4.90 Å². The number of carbonyl (C=O) groups excluding carboxylic acids is 1. The second-order valence-electron chi connectivity index (χ2n) is 7.43. The van der Waals surface area contributed by atoms with Crippen LogP contribution in [-0.2, 0) is 16.0 Å². The number of hydrogen-bond acceptors (Lipinski definition) is 6. The molecule has 1 aromatic heterocycles. The molecule has 0 spiro atoms. The molecule has 3 rings (SSSR count). The third-order valence-electron chi connectivity index (χ3n) is 5.51. The topological polar surface area (TPSA) is 105 Å². The van der Waals surface area contributed by atoms with E-state index in [2.05, 4.69) is 19.0 Å². The highest BCUT2D eigenvalue weighted by Crippen LogP contribution is 2.45. The van der Waals surface area contributed by atoms with Gasteiger partial charge in [0.25, 0.3) is 0 Å². The molecule has 138 valence electrons. The van der Waals surface area contributed by atoms with Crippen molar-refractivity contribution in [1.29, 1.82) is 5.41 Å². The molecule has 2 aliphatic carbocycles. The van der Waals surface area contributed by atoms with Gasteiger partial charge in [0.15, 0.2) is 0 Å². The normalized spacial score (nSPS) is 25.8. The molecule has 0 saturated heterocycles. The van der Waals surface area contributed by atoms with E-state index < -0.39 is 0 Å². The van der Waals surface area contributed by atoms with Gasteiger partial charge in [-0.3, -0.25) is 10.2 Å². The lowest BCUT2D eigenvalue weighted by molar-refractivity contribution is -0.118. The molecule has 1 unspecified atom stereocenters. The molecule has 6 nitrogen and oxygen atoms in total. The summed E-state index contributed by atoms with van der Waals surface area (Å²) < 4.78 is 6.00. The molecule has 0 bridgehead atoms. The quantitative estimate of drug-likeness (QED) is 0.551. The number of anilines is 1. The monoisotopic (exact) mass is 364 g/mol. The molecule has 1 fully saturated rings. The van der Waals surface area contributed by atoms with Crippen LogP contribution in [0, 0.1) is 5.41 Å². The third-order valence-corrected chi connectivity index (χ3v) is 6.61. The minimum Gasteiger partial charge on any atom is -0.474 e. The molecule has 7 heteroatoms. The number of carbonyl (C=O) groups is 1. The first-order chi connectivity index (χ1) is 11.9. The highest BCUT2D eigenvalue weighted by molar-refractivity contribution is 7.16. The summed E-state index contributed by atoms with van der Waals surface area (Å²) in [4.78, 5) is 14.8. The fourth-order valence-corrected chi connectivity index (χ4v) is 5.33. The average molecular weight is 365 g/mol.